The summed E-state index contributed by atoms with van der Waals surface area (Å²) in [5, 5.41) is 12.5. The number of carboxylic acid groups (broad SMARTS) is 1. The number of nitrogens with zero attached hydrogens (tertiary/aromatic N) is 1. The second-order valence-corrected chi connectivity index (χ2v) is 6.23. The lowest BCUT2D eigenvalue weighted by molar-refractivity contribution is -0.139. The number of hydrogen-bond donors (Lipinski definition) is 2. The summed E-state index contributed by atoms with van der Waals surface area (Å²) in [6.45, 7) is 8.17. The maximum Gasteiger partial charge on any atom is 0.317 e. The van der Waals surface area contributed by atoms with Gasteiger partial charge in [-0.1, -0.05) is 20.8 Å². The average Bonchev–Trinajstić information content (AvgIpc) is 2.29. The third-order valence-corrected chi connectivity index (χ3v) is 3.97. The lowest BCUT2D eigenvalue weighted by atomic mass is 9.84. The molecule has 0 aromatic rings. The minimum absolute atomic E-state index is 0.154. The highest BCUT2D eigenvalue weighted by molar-refractivity contribution is 5.69. The maximum absolute atomic E-state index is 10.8. The Bertz CT molecular complexity index is 291. The lowest BCUT2D eigenvalue weighted by Gasteiger charge is -2.44. The predicted octanol–water partition coefficient (Wildman–Crippen LogP) is 1.57. The van der Waals surface area contributed by atoms with Crippen molar-refractivity contribution in [1.82, 2.24) is 10.2 Å². The molecule has 2 N–H and O–H groups in total. The molecule has 0 amide bonds. The molecule has 0 bridgehead atoms. The fourth-order valence-electron chi connectivity index (χ4n) is 2.98. The predicted molar refractivity (Wildman–Crippen MR) is 79.9 cm³/mol. The van der Waals surface area contributed by atoms with E-state index in [1.165, 1.54) is 0 Å². The first-order valence-electron chi connectivity index (χ1n) is 7.67. The number of rotatable bonds is 10. The van der Waals surface area contributed by atoms with Crippen LogP contribution in [-0.2, 0) is 9.53 Å². The van der Waals surface area contributed by atoms with Gasteiger partial charge in [0.25, 0.3) is 0 Å². The first-order chi connectivity index (χ1) is 9.46. The van der Waals surface area contributed by atoms with Crippen molar-refractivity contribution >= 4 is 5.97 Å². The number of carboxylic acids is 1. The largest absolute Gasteiger partial charge is 0.480 e. The highest BCUT2D eigenvalue weighted by Crippen LogP contribution is 2.26. The molecule has 0 aliphatic heterocycles. The number of aliphatic carboxylic acids is 1. The van der Waals surface area contributed by atoms with Crippen LogP contribution in [0.4, 0.5) is 0 Å². The Hall–Kier alpha value is -0.650. The molecular weight excluding hydrogens is 256 g/mol. The summed E-state index contributed by atoms with van der Waals surface area (Å²) in [4.78, 5) is 12.9. The normalized spacial score (nSPS) is 23.9. The van der Waals surface area contributed by atoms with Gasteiger partial charge in [-0.3, -0.25) is 9.69 Å². The summed E-state index contributed by atoms with van der Waals surface area (Å²) in [5.74, 6) is -0.0852. The SMILES string of the molecule is CCN(CC(=O)O)C1CC(NC(COC)CC(C)C)C1. The van der Waals surface area contributed by atoms with Gasteiger partial charge in [0, 0.05) is 25.2 Å². The molecule has 5 nitrogen and oxygen atoms in total. The number of hydrogen-bond acceptors (Lipinski definition) is 4. The number of methoxy groups -OCH3 is 1. The standard InChI is InChI=1S/C15H30N2O3/c1-5-17(9-15(18)19)14-7-12(8-14)16-13(10-20-4)6-11(2)3/h11-14,16H,5-10H2,1-4H3,(H,18,19). The number of likely N-dealkylation sites (N-methyl/N-ethyl adjacent to an activating group) is 1. The highest BCUT2D eigenvalue weighted by Gasteiger charge is 2.34. The minimum atomic E-state index is -0.736. The average molecular weight is 286 g/mol. The van der Waals surface area contributed by atoms with Gasteiger partial charge in [0.1, 0.15) is 0 Å². The molecule has 1 aliphatic carbocycles. The lowest BCUT2D eigenvalue weighted by Crippen LogP contribution is -2.56. The topological polar surface area (TPSA) is 61.8 Å². The molecule has 5 heteroatoms. The fourth-order valence-corrected chi connectivity index (χ4v) is 2.98. The summed E-state index contributed by atoms with van der Waals surface area (Å²) < 4.78 is 5.27. The van der Waals surface area contributed by atoms with E-state index >= 15 is 0 Å². The summed E-state index contributed by atoms with van der Waals surface area (Å²) in [6, 6.07) is 1.32. The van der Waals surface area contributed by atoms with Gasteiger partial charge in [-0.2, -0.15) is 0 Å². The van der Waals surface area contributed by atoms with Crippen molar-refractivity contribution in [2.75, 3.05) is 26.8 Å². The molecular formula is C15H30N2O3. The zero-order chi connectivity index (χ0) is 15.1. The van der Waals surface area contributed by atoms with Gasteiger partial charge < -0.3 is 15.2 Å². The Kier molecular flexibility index (Phi) is 7.48. The van der Waals surface area contributed by atoms with Crippen LogP contribution in [0.15, 0.2) is 0 Å². The van der Waals surface area contributed by atoms with Crippen molar-refractivity contribution in [3.8, 4) is 0 Å². The van der Waals surface area contributed by atoms with Crippen LogP contribution < -0.4 is 5.32 Å². The van der Waals surface area contributed by atoms with Gasteiger partial charge in [0.2, 0.25) is 0 Å². The van der Waals surface area contributed by atoms with E-state index < -0.39 is 5.97 Å². The van der Waals surface area contributed by atoms with Gasteiger partial charge >= 0.3 is 5.97 Å². The number of ether oxygens (including phenoxy) is 1. The molecule has 0 spiro atoms. The van der Waals surface area contributed by atoms with Crippen molar-refractivity contribution in [2.45, 2.75) is 58.2 Å². The molecule has 1 rings (SSSR count). The van der Waals surface area contributed by atoms with Crippen molar-refractivity contribution in [3.63, 3.8) is 0 Å². The van der Waals surface area contributed by atoms with Crippen LogP contribution in [-0.4, -0.2) is 60.9 Å². The second-order valence-electron chi connectivity index (χ2n) is 6.23. The van der Waals surface area contributed by atoms with E-state index in [4.69, 9.17) is 9.84 Å². The zero-order valence-electron chi connectivity index (χ0n) is 13.3. The van der Waals surface area contributed by atoms with Crippen LogP contribution in [0.2, 0.25) is 0 Å². The van der Waals surface area contributed by atoms with Crippen LogP contribution >= 0.6 is 0 Å². The van der Waals surface area contributed by atoms with Gasteiger partial charge in [-0.25, -0.2) is 0 Å². The fraction of sp³-hybridized carbons (Fsp3) is 0.933. The van der Waals surface area contributed by atoms with Crippen LogP contribution in [0.5, 0.6) is 0 Å². The van der Waals surface area contributed by atoms with Crippen LogP contribution in [0, 0.1) is 5.92 Å². The summed E-state index contributed by atoms with van der Waals surface area (Å²) >= 11 is 0. The summed E-state index contributed by atoms with van der Waals surface area (Å²) in [6.07, 6.45) is 3.19. The molecule has 1 aliphatic rings. The summed E-state index contributed by atoms with van der Waals surface area (Å²) in [7, 11) is 1.74. The Balaban J connectivity index is 2.33. The Morgan fingerprint density at radius 3 is 2.55 bits per heavy atom. The monoisotopic (exact) mass is 286 g/mol. The molecule has 118 valence electrons. The molecule has 1 unspecified atom stereocenters. The molecule has 1 atom stereocenters. The molecule has 0 aromatic carbocycles. The highest BCUT2D eigenvalue weighted by atomic mass is 16.5. The quantitative estimate of drug-likeness (QED) is 0.638. The number of carbonyl (C=O) groups is 1. The van der Waals surface area contributed by atoms with Crippen molar-refractivity contribution < 1.29 is 14.6 Å². The first-order valence-corrected chi connectivity index (χ1v) is 7.67. The van der Waals surface area contributed by atoms with E-state index in [9.17, 15) is 4.79 Å². The zero-order valence-corrected chi connectivity index (χ0v) is 13.3. The van der Waals surface area contributed by atoms with Crippen molar-refractivity contribution in [3.05, 3.63) is 0 Å². The minimum Gasteiger partial charge on any atom is -0.480 e. The molecule has 0 saturated heterocycles. The van der Waals surface area contributed by atoms with Gasteiger partial charge in [-0.05, 0) is 31.7 Å². The van der Waals surface area contributed by atoms with Crippen molar-refractivity contribution in [1.29, 1.82) is 0 Å². The van der Waals surface area contributed by atoms with E-state index in [1.54, 1.807) is 7.11 Å². The van der Waals surface area contributed by atoms with Gasteiger partial charge in [0.15, 0.2) is 0 Å². The smallest absolute Gasteiger partial charge is 0.317 e. The number of nitrogens with one attached hydrogen (secondary N) is 1. The molecule has 1 fully saturated rings. The van der Waals surface area contributed by atoms with E-state index in [2.05, 4.69) is 19.2 Å². The molecule has 0 aromatic heterocycles. The van der Waals surface area contributed by atoms with E-state index in [-0.39, 0.29) is 6.54 Å². The maximum atomic E-state index is 10.8. The molecule has 0 heterocycles. The van der Waals surface area contributed by atoms with E-state index in [1.807, 2.05) is 11.8 Å². The van der Waals surface area contributed by atoms with Gasteiger partial charge in [-0.15, -0.1) is 0 Å². The first kappa shape index (κ1) is 17.4. The second kappa shape index (κ2) is 8.60. The van der Waals surface area contributed by atoms with Crippen LogP contribution in [0.25, 0.3) is 0 Å². The summed E-state index contributed by atoms with van der Waals surface area (Å²) in [5.41, 5.74) is 0. The van der Waals surface area contributed by atoms with Crippen molar-refractivity contribution in [2.24, 2.45) is 5.92 Å². The third-order valence-electron chi connectivity index (χ3n) is 3.97. The Morgan fingerprint density at radius 1 is 1.45 bits per heavy atom. The van der Waals surface area contributed by atoms with E-state index in [0.717, 1.165) is 32.4 Å². The Morgan fingerprint density at radius 2 is 2.10 bits per heavy atom. The van der Waals surface area contributed by atoms with Crippen LogP contribution in [0.1, 0.15) is 40.0 Å². The van der Waals surface area contributed by atoms with Gasteiger partial charge in [0.05, 0.1) is 13.2 Å². The van der Waals surface area contributed by atoms with E-state index in [0.29, 0.717) is 24.0 Å². The third kappa shape index (κ3) is 5.77. The molecule has 20 heavy (non-hydrogen) atoms. The molecule has 1 saturated carbocycles. The molecule has 0 radical (unpaired) electrons. The van der Waals surface area contributed by atoms with Crippen LogP contribution in [0.3, 0.4) is 0 Å². The Labute approximate surface area is 122 Å².